The summed E-state index contributed by atoms with van der Waals surface area (Å²) >= 11 is 0. The number of aryl methyl sites for hydroxylation is 1. The molecule has 0 fully saturated rings. The molecule has 84 valence electrons. The predicted molar refractivity (Wildman–Crippen MR) is 67.0 cm³/mol. The molecule has 0 aromatic heterocycles. The molecule has 0 heterocycles. The van der Waals surface area contributed by atoms with Crippen LogP contribution in [-0.2, 0) is 6.54 Å². The van der Waals surface area contributed by atoms with Crippen LogP contribution < -0.4 is 0 Å². The molecule has 0 spiro atoms. The highest BCUT2D eigenvalue weighted by atomic mass is 15.2. The van der Waals surface area contributed by atoms with Gasteiger partial charge in [0.2, 0.25) is 0 Å². The predicted octanol–water partition coefficient (Wildman–Crippen LogP) is 3.62. The highest BCUT2D eigenvalue weighted by molar-refractivity contribution is 5.21. The van der Waals surface area contributed by atoms with E-state index in [9.17, 15) is 0 Å². The number of rotatable bonds is 4. The number of benzene rings is 1. The van der Waals surface area contributed by atoms with Crippen molar-refractivity contribution >= 4 is 0 Å². The molecule has 15 heavy (non-hydrogen) atoms. The molecule has 0 aliphatic heterocycles. The van der Waals surface area contributed by atoms with Crippen molar-refractivity contribution in [3.05, 3.63) is 35.4 Å². The second kappa shape index (κ2) is 4.80. The molecule has 1 aromatic rings. The SMILES string of the molecule is CCC(C)(C)N(C)Cc1ccc(C)cc1. The van der Waals surface area contributed by atoms with Crippen molar-refractivity contribution in [2.45, 2.75) is 46.2 Å². The zero-order valence-corrected chi connectivity index (χ0v) is 10.7. The number of hydrogen-bond acceptors (Lipinski definition) is 1. The Bertz CT molecular complexity index is 298. The maximum atomic E-state index is 2.41. The minimum Gasteiger partial charge on any atom is -0.297 e. The summed E-state index contributed by atoms with van der Waals surface area (Å²) in [5.74, 6) is 0. The molecule has 1 rings (SSSR count). The third kappa shape index (κ3) is 3.35. The summed E-state index contributed by atoms with van der Waals surface area (Å²) in [5.41, 5.74) is 3.01. The molecule has 0 N–H and O–H groups in total. The van der Waals surface area contributed by atoms with E-state index in [0.717, 1.165) is 6.54 Å². The summed E-state index contributed by atoms with van der Waals surface area (Å²) in [6.45, 7) is 9.98. The zero-order chi connectivity index (χ0) is 11.5. The molecule has 0 atom stereocenters. The summed E-state index contributed by atoms with van der Waals surface area (Å²) in [4.78, 5) is 2.41. The van der Waals surface area contributed by atoms with Gasteiger partial charge in [0, 0.05) is 12.1 Å². The van der Waals surface area contributed by atoms with Crippen LogP contribution in [0.25, 0.3) is 0 Å². The summed E-state index contributed by atoms with van der Waals surface area (Å²) in [6, 6.07) is 8.80. The standard InChI is InChI=1S/C14H23N/c1-6-14(3,4)15(5)11-13-9-7-12(2)8-10-13/h7-10H,6,11H2,1-5H3. The Morgan fingerprint density at radius 1 is 1.13 bits per heavy atom. The molecule has 1 nitrogen and oxygen atoms in total. The van der Waals surface area contributed by atoms with Crippen molar-refractivity contribution in [2.24, 2.45) is 0 Å². The van der Waals surface area contributed by atoms with E-state index in [1.165, 1.54) is 17.5 Å². The minimum absolute atomic E-state index is 0.283. The molecule has 0 aliphatic rings. The third-order valence-electron chi connectivity index (χ3n) is 3.44. The molecular weight excluding hydrogens is 182 g/mol. The molecule has 1 heteroatoms. The first kappa shape index (κ1) is 12.3. The van der Waals surface area contributed by atoms with E-state index < -0.39 is 0 Å². The molecule has 0 aliphatic carbocycles. The molecule has 0 radical (unpaired) electrons. The highest BCUT2D eigenvalue weighted by Gasteiger charge is 2.20. The molecule has 0 amide bonds. The molecular formula is C14H23N. The Morgan fingerprint density at radius 3 is 2.13 bits per heavy atom. The maximum Gasteiger partial charge on any atom is 0.0235 e. The van der Waals surface area contributed by atoms with Gasteiger partial charge in [0.15, 0.2) is 0 Å². The Labute approximate surface area is 94.1 Å². The average Bonchev–Trinajstić information content (AvgIpc) is 2.21. The van der Waals surface area contributed by atoms with Gasteiger partial charge in [0.05, 0.1) is 0 Å². The fourth-order valence-electron chi connectivity index (χ4n) is 1.45. The van der Waals surface area contributed by atoms with Crippen LogP contribution in [0, 0.1) is 6.92 Å². The Kier molecular flexibility index (Phi) is 3.92. The van der Waals surface area contributed by atoms with Gasteiger partial charge in [-0.25, -0.2) is 0 Å². The third-order valence-corrected chi connectivity index (χ3v) is 3.44. The summed E-state index contributed by atoms with van der Waals surface area (Å²) in [6.07, 6.45) is 1.18. The van der Waals surface area contributed by atoms with E-state index >= 15 is 0 Å². The lowest BCUT2D eigenvalue weighted by Gasteiger charge is -2.34. The van der Waals surface area contributed by atoms with Crippen molar-refractivity contribution in [2.75, 3.05) is 7.05 Å². The monoisotopic (exact) mass is 205 g/mol. The zero-order valence-electron chi connectivity index (χ0n) is 10.7. The van der Waals surface area contributed by atoms with Gasteiger partial charge in [-0.1, -0.05) is 36.8 Å². The summed E-state index contributed by atoms with van der Waals surface area (Å²) in [5, 5.41) is 0. The van der Waals surface area contributed by atoms with Crippen LogP contribution in [-0.4, -0.2) is 17.5 Å². The first-order chi connectivity index (χ1) is 6.95. The lowest BCUT2D eigenvalue weighted by Crippen LogP contribution is -2.39. The average molecular weight is 205 g/mol. The van der Waals surface area contributed by atoms with Crippen LogP contribution in [0.1, 0.15) is 38.3 Å². The van der Waals surface area contributed by atoms with Crippen LogP contribution >= 0.6 is 0 Å². The first-order valence-electron chi connectivity index (χ1n) is 5.72. The highest BCUT2D eigenvalue weighted by Crippen LogP contribution is 2.19. The first-order valence-corrected chi connectivity index (χ1v) is 5.72. The van der Waals surface area contributed by atoms with Crippen LogP contribution in [0.3, 0.4) is 0 Å². The molecule has 0 unspecified atom stereocenters. The lowest BCUT2D eigenvalue weighted by molar-refractivity contribution is 0.143. The van der Waals surface area contributed by atoms with E-state index in [2.05, 4.69) is 63.9 Å². The largest absolute Gasteiger partial charge is 0.297 e. The quantitative estimate of drug-likeness (QED) is 0.725. The molecule has 0 saturated carbocycles. The van der Waals surface area contributed by atoms with Crippen LogP contribution in [0.2, 0.25) is 0 Å². The van der Waals surface area contributed by atoms with Gasteiger partial charge in [-0.3, -0.25) is 4.90 Å². The fraction of sp³-hybridized carbons (Fsp3) is 0.571. The van der Waals surface area contributed by atoms with E-state index in [4.69, 9.17) is 0 Å². The van der Waals surface area contributed by atoms with Gasteiger partial charge in [0.25, 0.3) is 0 Å². The van der Waals surface area contributed by atoms with E-state index in [-0.39, 0.29) is 5.54 Å². The Hall–Kier alpha value is -0.820. The Morgan fingerprint density at radius 2 is 1.67 bits per heavy atom. The minimum atomic E-state index is 0.283. The van der Waals surface area contributed by atoms with Crippen molar-refractivity contribution in [1.29, 1.82) is 0 Å². The molecule has 0 bridgehead atoms. The van der Waals surface area contributed by atoms with Gasteiger partial charge in [0.1, 0.15) is 0 Å². The van der Waals surface area contributed by atoms with Gasteiger partial charge in [-0.15, -0.1) is 0 Å². The van der Waals surface area contributed by atoms with Gasteiger partial charge < -0.3 is 0 Å². The van der Waals surface area contributed by atoms with Gasteiger partial charge in [-0.2, -0.15) is 0 Å². The van der Waals surface area contributed by atoms with Crippen molar-refractivity contribution in [3.63, 3.8) is 0 Å². The van der Waals surface area contributed by atoms with E-state index in [1.807, 2.05) is 0 Å². The maximum absolute atomic E-state index is 2.41. The van der Waals surface area contributed by atoms with Crippen molar-refractivity contribution in [1.82, 2.24) is 4.90 Å². The normalized spacial score (nSPS) is 12.1. The van der Waals surface area contributed by atoms with Gasteiger partial charge >= 0.3 is 0 Å². The summed E-state index contributed by atoms with van der Waals surface area (Å²) in [7, 11) is 2.20. The second-order valence-electron chi connectivity index (χ2n) is 5.01. The van der Waals surface area contributed by atoms with Gasteiger partial charge in [-0.05, 0) is 39.8 Å². The topological polar surface area (TPSA) is 3.24 Å². The number of nitrogens with zero attached hydrogens (tertiary/aromatic N) is 1. The lowest BCUT2D eigenvalue weighted by atomic mass is 9.99. The van der Waals surface area contributed by atoms with Crippen LogP contribution in [0.5, 0.6) is 0 Å². The van der Waals surface area contributed by atoms with E-state index in [0.29, 0.717) is 0 Å². The summed E-state index contributed by atoms with van der Waals surface area (Å²) < 4.78 is 0. The van der Waals surface area contributed by atoms with E-state index in [1.54, 1.807) is 0 Å². The Balaban J connectivity index is 2.66. The smallest absolute Gasteiger partial charge is 0.0235 e. The van der Waals surface area contributed by atoms with Crippen LogP contribution in [0.4, 0.5) is 0 Å². The van der Waals surface area contributed by atoms with Crippen molar-refractivity contribution < 1.29 is 0 Å². The van der Waals surface area contributed by atoms with Crippen molar-refractivity contribution in [3.8, 4) is 0 Å². The second-order valence-corrected chi connectivity index (χ2v) is 5.01. The fourth-order valence-corrected chi connectivity index (χ4v) is 1.45. The van der Waals surface area contributed by atoms with Crippen LogP contribution in [0.15, 0.2) is 24.3 Å². The molecule has 1 aromatic carbocycles. The number of hydrogen-bond donors (Lipinski definition) is 0. The molecule has 0 saturated heterocycles.